The highest BCUT2D eigenvalue weighted by Crippen LogP contribution is 2.37. The van der Waals surface area contributed by atoms with Crippen LogP contribution >= 0.6 is 0 Å². The summed E-state index contributed by atoms with van der Waals surface area (Å²) in [5.41, 5.74) is 5.10. The third kappa shape index (κ3) is 2.07. The van der Waals surface area contributed by atoms with E-state index in [0.717, 1.165) is 0 Å². The molecule has 6 aromatic rings. The molecule has 0 radical (unpaired) electrons. The second-order valence-electron chi connectivity index (χ2n) is 7.50. The molecule has 0 saturated heterocycles. The molecule has 0 bridgehead atoms. The smallest absolute Gasteiger partial charge is 0.0568 e. The highest BCUT2D eigenvalue weighted by Gasteiger charge is 2.13. The van der Waals surface area contributed by atoms with Crippen molar-refractivity contribution in [2.45, 2.75) is 0 Å². The molecule has 0 aliphatic rings. The minimum absolute atomic E-state index is 1.26. The first-order valence-electron chi connectivity index (χ1n) is 9.69. The van der Waals surface area contributed by atoms with Gasteiger partial charge in [0.15, 0.2) is 0 Å². The molecule has 6 rings (SSSR count). The van der Waals surface area contributed by atoms with E-state index >= 15 is 0 Å². The fourth-order valence-corrected chi connectivity index (χ4v) is 4.62. The Morgan fingerprint density at radius 2 is 1.18 bits per heavy atom. The molecule has 1 heterocycles. The van der Waals surface area contributed by atoms with Gasteiger partial charge in [-0.05, 0) is 33.4 Å². The molecular weight excluding hydrogens is 338 g/mol. The summed E-state index contributed by atoms with van der Waals surface area (Å²) < 4.78 is 2.36. The average molecular weight is 357 g/mol. The zero-order valence-electron chi connectivity index (χ0n) is 15.7. The standard InChI is InChI=1S/C27H19N/c1-28-26-17-20(18-7-3-2-4-8-18)12-13-23(26)25-16-15-22-21-10-6-5-9-19(21)11-14-24(22)27(25)28/h2-17H,1H3. The fraction of sp³-hybridized carbons (Fsp3) is 0.0370. The molecule has 0 saturated carbocycles. The summed E-state index contributed by atoms with van der Waals surface area (Å²) in [5.74, 6) is 0. The molecule has 0 spiro atoms. The molecule has 5 aromatic carbocycles. The first-order valence-corrected chi connectivity index (χ1v) is 9.69. The maximum atomic E-state index is 2.36. The van der Waals surface area contributed by atoms with Gasteiger partial charge in [-0.2, -0.15) is 0 Å². The quantitative estimate of drug-likeness (QED) is 0.272. The molecule has 28 heavy (non-hydrogen) atoms. The van der Waals surface area contributed by atoms with Gasteiger partial charge in [0.2, 0.25) is 0 Å². The van der Waals surface area contributed by atoms with Crippen molar-refractivity contribution in [1.29, 1.82) is 0 Å². The van der Waals surface area contributed by atoms with Gasteiger partial charge in [0.1, 0.15) is 0 Å². The monoisotopic (exact) mass is 357 g/mol. The van der Waals surface area contributed by atoms with Crippen LogP contribution in [0.4, 0.5) is 0 Å². The summed E-state index contributed by atoms with van der Waals surface area (Å²) in [6.45, 7) is 0. The second kappa shape index (κ2) is 5.71. The Morgan fingerprint density at radius 1 is 0.500 bits per heavy atom. The Labute approximate surface area is 163 Å². The van der Waals surface area contributed by atoms with Gasteiger partial charge in [0, 0.05) is 28.7 Å². The van der Waals surface area contributed by atoms with Crippen molar-refractivity contribution in [2.75, 3.05) is 0 Å². The summed E-state index contributed by atoms with van der Waals surface area (Å²) in [7, 11) is 2.19. The van der Waals surface area contributed by atoms with Gasteiger partial charge in [0.25, 0.3) is 0 Å². The Hall–Kier alpha value is -3.58. The van der Waals surface area contributed by atoms with Crippen LogP contribution in [0.3, 0.4) is 0 Å². The van der Waals surface area contributed by atoms with Crippen molar-refractivity contribution in [1.82, 2.24) is 4.57 Å². The number of hydrogen-bond donors (Lipinski definition) is 0. The van der Waals surface area contributed by atoms with E-state index in [0.29, 0.717) is 0 Å². The maximum absolute atomic E-state index is 2.36. The van der Waals surface area contributed by atoms with Crippen molar-refractivity contribution in [3.63, 3.8) is 0 Å². The Bertz CT molecular complexity index is 1500. The average Bonchev–Trinajstić information content (AvgIpc) is 3.06. The van der Waals surface area contributed by atoms with E-state index in [-0.39, 0.29) is 0 Å². The molecular formula is C27H19N. The lowest BCUT2D eigenvalue weighted by Gasteiger charge is -2.07. The summed E-state index contributed by atoms with van der Waals surface area (Å²) in [4.78, 5) is 0. The number of aromatic nitrogens is 1. The van der Waals surface area contributed by atoms with E-state index in [1.807, 2.05) is 0 Å². The van der Waals surface area contributed by atoms with E-state index in [9.17, 15) is 0 Å². The summed E-state index contributed by atoms with van der Waals surface area (Å²) >= 11 is 0. The first kappa shape index (κ1) is 15.5. The van der Waals surface area contributed by atoms with Crippen LogP contribution in [0.2, 0.25) is 0 Å². The summed E-state index contributed by atoms with van der Waals surface area (Å²) in [6.07, 6.45) is 0. The van der Waals surface area contributed by atoms with E-state index in [1.165, 1.54) is 54.5 Å². The van der Waals surface area contributed by atoms with Crippen LogP contribution in [0.1, 0.15) is 0 Å². The lowest BCUT2D eigenvalue weighted by molar-refractivity contribution is 1.02. The number of rotatable bonds is 1. The number of aryl methyl sites for hydroxylation is 1. The van der Waals surface area contributed by atoms with E-state index in [2.05, 4.69) is 109 Å². The lowest BCUT2D eigenvalue weighted by Crippen LogP contribution is -1.89. The van der Waals surface area contributed by atoms with Crippen LogP contribution in [0, 0.1) is 0 Å². The van der Waals surface area contributed by atoms with Gasteiger partial charge in [0.05, 0.1) is 5.52 Å². The van der Waals surface area contributed by atoms with Gasteiger partial charge < -0.3 is 4.57 Å². The number of fused-ring (bicyclic) bond motifs is 7. The normalized spacial score (nSPS) is 11.8. The van der Waals surface area contributed by atoms with Crippen LogP contribution in [-0.2, 0) is 7.05 Å². The summed E-state index contributed by atoms with van der Waals surface area (Å²) in [6, 6.07) is 35.2. The molecule has 1 heteroatoms. The van der Waals surface area contributed by atoms with E-state index < -0.39 is 0 Å². The minimum atomic E-state index is 1.26. The number of hydrogen-bond acceptors (Lipinski definition) is 0. The predicted octanol–water partition coefficient (Wildman–Crippen LogP) is 7.30. The Morgan fingerprint density at radius 3 is 2.07 bits per heavy atom. The molecule has 0 unspecified atom stereocenters. The SMILES string of the molecule is Cn1c2cc(-c3ccccc3)ccc2c2ccc3c4ccccc4ccc3c21. The van der Waals surface area contributed by atoms with E-state index in [4.69, 9.17) is 0 Å². The Balaban J connectivity index is 1.73. The van der Waals surface area contributed by atoms with Gasteiger partial charge in [-0.1, -0.05) is 91.0 Å². The van der Waals surface area contributed by atoms with Crippen LogP contribution in [-0.4, -0.2) is 4.57 Å². The molecule has 0 amide bonds. The molecule has 0 atom stereocenters. The molecule has 0 aliphatic carbocycles. The lowest BCUT2D eigenvalue weighted by atomic mass is 9.99. The fourth-order valence-electron chi connectivity index (χ4n) is 4.62. The molecule has 1 nitrogen and oxygen atoms in total. The van der Waals surface area contributed by atoms with Gasteiger partial charge in [-0.25, -0.2) is 0 Å². The third-order valence-corrected chi connectivity index (χ3v) is 5.99. The predicted molar refractivity (Wildman–Crippen MR) is 121 cm³/mol. The van der Waals surface area contributed by atoms with Crippen LogP contribution in [0.15, 0.2) is 97.1 Å². The largest absolute Gasteiger partial charge is 0.343 e. The van der Waals surface area contributed by atoms with Crippen LogP contribution < -0.4 is 0 Å². The minimum Gasteiger partial charge on any atom is -0.343 e. The van der Waals surface area contributed by atoms with Crippen molar-refractivity contribution in [2.24, 2.45) is 7.05 Å². The molecule has 1 aromatic heterocycles. The zero-order chi connectivity index (χ0) is 18.7. The van der Waals surface area contributed by atoms with Crippen molar-refractivity contribution in [3.05, 3.63) is 97.1 Å². The van der Waals surface area contributed by atoms with Gasteiger partial charge in [-0.3, -0.25) is 0 Å². The topological polar surface area (TPSA) is 4.93 Å². The maximum Gasteiger partial charge on any atom is 0.0568 e. The molecule has 132 valence electrons. The molecule has 0 fully saturated rings. The number of nitrogens with zero attached hydrogens (tertiary/aromatic N) is 1. The van der Waals surface area contributed by atoms with Gasteiger partial charge >= 0.3 is 0 Å². The highest BCUT2D eigenvalue weighted by atomic mass is 14.9. The Kier molecular flexibility index (Phi) is 3.15. The van der Waals surface area contributed by atoms with Crippen LogP contribution in [0.25, 0.3) is 54.5 Å². The van der Waals surface area contributed by atoms with Gasteiger partial charge in [-0.15, -0.1) is 0 Å². The van der Waals surface area contributed by atoms with E-state index in [1.54, 1.807) is 0 Å². The van der Waals surface area contributed by atoms with Crippen molar-refractivity contribution < 1.29 is 0 Å². The zero-order valence-corrected chi connectivity index (χ0v) is 15.7. The van der Waals surface area contributed by atoms with Crippen molar-refractivity contribution >= 4 is 43.4 Å². The second-order valence-corrected chi connectivity index (χ2v) is 7.50. The highest BCUT2D eigenvalue weighted by molar-refractivity contribution is 6.22. The molecule has 0 aliphatic heterocycles. The first-order chi connectivity index (χ1) is 13.8. The summed E-state index contributed by atoms with van der Waals surface area (Å²) in [5, 5.41) is 7.87. The third-order valence-electron chi connectivity index (χ3n) is 5.99. The molecule has 0 N–H and O–H groups in total. The van der Waals surface area contributed by atoms with Crippen molar-refractivity contribution in [3.8, 4) is 11.1 Å². The number of benzene rings is 5. The van der Waals surface area contributed by atoms with Crippen LogP contribution in [0.5, 0.6) is 0 Å².